The minimum atomic E-state index is -0.0136. The van der Waals surface area contributed by atoms with Gasteiger partial charge in [-0.3, -0.25) is 4.79 Å². The Morgan fingerprint density at radius 2 is 2.10 bits per heavy atom. The lowest BCUT2D eigenvalue weighted by atomic mass is 10.2. The Hall–Kier alpha value is -2.40. The molecule has 0 bridgehead atoms. The third-order valence-electron chi connectivity index (χ3n) is 3.16. The lowest BCUT2D eigenvalue weighted by Crippen LogP contribution is -2.21. The molecule has 21 heavy (non-hydrogen) atoms. The van der Waals surface area contributed by atoms with Crippen LogP contribution < -0.4 is 5.32 Å². The molecule has 0 atom stereocenters. The minimum absolute atomic E-state index is 0.0136. The number of nitrogens with one attached hydrogen (secondary N) is 1. The summed E-state index contributed by atoms with van der Waals surface area (Å²) in [6.45, 7) is 0. The van der Waals surface area contributed by atoms with Crippen molar-refractivity contribution in [3.05, 3.63) is 53.5 Å². The molecule has 0 aliphatic heterocycles. The average molecular weight is 297 g/mol. The highest BCUT2D eigenvalue weighted by Crippen LogP contribution is 2.28. The highest BCUT2D eigenvalue weighted by Gasteiger charge is 2.09. The molecule has 3 aromatic rings. The molecule has 0 aliphatic rings. The van der Waals surface area contributed by atoms with Crippen LogP contribution in [0.3, 0.4) is 0 Å². The predicted molar refractivity (Wildman–Crippen MR) is 87.4 cm³/mol. The van der Waals surface area contributed by atoms with Gasteiger partial charge in [-0.1, -0.05) is 6.07 Å². The van der Waals surface area contributed by atoms with Gasteiger partial charge in [0.15, 0.2) is 0 Å². The van der Waals surface area contributed by atoms with Gasteiger partial charge in [0.25, 0.3) is 5.91 Å². The number of pyridine rings is 1. The smallest absolute Gasteiger partial charge is 0.253 e. The van der Waals surface area contributed by atoms with Crippen LogP contribution in [-0.2, 0) is 0 Å². The monoisotopic (exact) mass is 297 g/mol. The largest absolute Gasteiger partial charge is 0.345 e. The Bertz CT molecular complexity index is 795. The standard InChI is InChI=1S/C16H15N3OS/c1-19(2)16(20)11-4-3-5-12(10-11)18-15-13-7-9-21-14(13)6-8-17-15/h3-10H,1-2H3,(H,17,18). The second kappa shape index (κ2) is 5.54. The summed E-state index contributed by atoms with van der Waals surface area (Å²) in [5.41, 5.74) is 1.51. The number of aromatic nitrogens is 1. The number of fused-ring (bicyclic) bond motifs is 1. The van der Waals surface area contributed by atoms with E-state index in [4.69, 9.17) is 0 Å². The Kier molecular flexibility index (Phi) is 3.58. The first-order chi connectivity index (χ1) is 10.1. The molecule has 5 heteroatoms. The van der Waals surface area contributed by atoms with Crippen molar-refractivity contribution in [3.63, 3.8) is 0 Å². The van der Waals surface area contributed by atoms with E-state index in [2.05, 4.69) is 10.3 Å². The second-order valence-corrected chi connectivity index (χ2v) is 5.85. The molecule has 1 aromatic carbocycles. The number of rotatable bonds is 3. The maximum Gasteiger partial charge on any atom is 0.253 e. The summed E-state index contributed by atoms with van der Waals surface area (Å²) < 4.78 is 1.19. The van der Waals surface area contributed by atoms with E-state index >= 15 is 0 Å². The molecular weight excluding hydrogens is 282 g/mol. The Morgan fingerprint density at radius 3 is 2.90 bits per heavy atom. The first-order valence-electron chi connectivity index (χ1n) is 6.56. The molecular formula is C16H15N3OS. The third-order valence-corrected chi connectivity index (χ3v) is 4.04. The molecule has 3 rings (SSSR count). The number of carbonyl (C=O) groups excluding carboxylic acids is 1. The first-order valence-corrected chi connectivity index (χ1v) is 7.44. The van der Waals surface area contributed by atoms with Crippen LogP contribution in [0, 0.1) is 0 Å². The molecule has 0 spiro atoms. The number of hydrogen-bond donors (Lipinski definition) is 1. The summed E-state index contributed by atoms with van der Waals surface area (Å²) in [4.78, 5) is 18.0. The van der Waals surface area contributed by atoms with Crippen molar-refractivity contribution < 1.29 is 4.79 Å². The Labute approximate surface area is 127 Å². The zero-order chi connectivity index (χ0) is 14.8. The fraction of sp³-hybridized carbons (Fsp3) is 0.125. The van der Waals surface area contributed by atoms with Gasteiger partial charge in [-0.2, -0.15) is 0 Å². The van der Waals surface area contributed by atoms with E-state index < -0.39 is 0 Å². The van der Waals surface area contributed by atoms with Gasteiger partial charge in [-0.05, 0) is 35.7 Å². The van der Waals surface area contributed by atoms with Crippen molar-refractivity contribution in [1.82, 2.24) is 9.88 Å². The first kappa shape index (κ1) is 13.6. The zero-order valence-corrected chi connectivity index (χ0v) is 12.6. The molecule has 1 amide bonds. The van der Waals surface area contributed by atoms with Gasteiger partial charge in [0.2, 0.25) is 0 Å². The topological polar surface area (TPSA) is 45.2 Å². The summed E-state index contributed by atoms with van der Waals surface area (Å²) in [6, 6.07) is 11.5. The van der Waals surface area contributed by atoms with Gasteiger partial charge < -0.3 is 10.2 Å². The molecule has 0 radical (unpaired) electrons. The number of carbonyl (C=O) groups is 1. The van der Waals surface area contributed by atoms with E-state index in [9.17, 15) is 4.79 Å². The molecule has 0 unspecified atom stereocenters. The van der Waals surface area contributed by atoms with Gasteiger partial charge in [0.05, 0.1) is 0 Å². The van der Waals surface area contributed by atoms with Gasteiger partial charge in [-0.15, -0.1) is 11.3 Å². The van der Waals surface area contributed by atoms with Crippen LogP contribution >= 0.6 is 11.3 Å². The van der Waals surface area contributed by atoms with Gasteiger partial charge in [0, 0.05) is 41.6 Å². The van der Waals surface area contributed by atoms with Crippen LogP contribution in [0.5, 0.6) is 0 Å². The SMILES string of the molecule is CN(C)C(=O)c1cccc(Nc2nccc3sccc23)c1. The second-order valence-electron chi connectivity index (χ2n) is 4.90. The van der Waals surface area contributed by atoms with Gasteiger partial charge in [-0.25, -0.2) is 4.98 Å². The number of anilines is 2. The molecule has 2 heterocycles. The van der Waals surface area contributed by atoms with Crippen molar-refractivity contribution in [2.75, 3.05) is 19.4 Å². The third kappa shape index (κ3) is 2.73. The molecule has 0 saturated carbocycles. The number of hydrogen-bond acceptors (Lipinski definition) is 4. The number of benzene rings is 1. The lowest BCUT2D eigenvalue weighted by molar-refractivity contribution is 0.0827. The number of nitrogens with zero attached hydrogens (tertiary/aromatic N) is 2. The summed E-state index contributed by atoms with van der Waals surface area (Å²) in [6.07, 6.45) is 1.79. The molecule has 0 fully saturated rings. The van der Waals surface area contributed by atoms with Crippen LogP contribution in [0.2, 0.25) is 0 Å². The summed E-state index contributed by atoms with van der Waals surface area (Å²) >= 11 is 1.68. The molecule has 2 aromatic heterocycles. The summed E-state index contributed by atoms with van der Waals surface area (Å²) in [5, 5.41) is 6.43. The minimum Gasteiger partial charge on any atom is -0.345 e. The molecule has 106 valence electrons. The van der Waals surface area contributed by atoms with Crippen molar-refractivity contribution >= 4 is 38.8 Å². The maximum atomic E-state index is 12.0. The summed E-state index contributed by atoms with van der Waals surface area (Å²) in [7, 11) is 3.49. The normalized spacial score (nSPS) is 10.6. The van der Waals surface area contributed by atoms with E-state index in [0.717, 1.165) is 16.9 Å². The highest BCUT2D eigenvalue weighted by atomic mass is 32.1. The highest BCUT2D eigenvalue weighted by molar-refractivity contribution is 7.17. The average Bonchev–Trinajstić information content (AvgIpc) is 2.96. The fourth-order valence-corrected chi connectivity index (χ4v) is 2.90. The molecule has 4 nitrogen and oxygen atoms in total. The van der Waals surface area contributed by atoms with E-state index in [1.54, 1.807) is 36.5 Å². The fourth-order valence-electron chi connectivity index (χ4n) is 2.12. The van der Waals surface area contributed by atoms with Crippen molar-refractivity contribution in [1.29, 1.82) is 0 Å². The predicted octanol–water partition coefficient (Wildman–Crippen LogP) is 3.74. The number of amides is 1. The van der Waals surface area contributed by atoms with E-state index in [1.165, 1.54) is 4.70 Å². The van der Waals surface area contributed by atoms with Crippen molar-refractivity contribution in [3.8, 4) is 0 Å². The van der Waals surface area contributed by atoms with E-state index in [0.29, 0.717) is 5.56 Å². The Morgan fingerprint density at radius 1 is 1.24 bits per heavy atom. The molecule has 1 N–H and O–H groups in total. The summed E-state index contributed by atoms with van der Waals surface area (Å²) in [5.74, 6) is 0.795. The Balaban J connectivity index is 1.93. The van der Waals surface area contributed by atoms with E-state index in [-0.39, 0.29) is 5.91 Å². The lowest BCUT2D eigenvalue weighted by Gasteiger charge is -2.12. The van der Waals surface area contributed by atoms with Crippen molar-refractivity contribution in [2.45, 2.75) is 0 Å². The molecule has 0 aliphatic carbocycles. The van der Waals surface area contributed by atoms with Crippen LogP contribution in [0.15, 0.2) is 48.0 Å². The van der Waals surface area contributed by atoms with Crippen LogP contribution in [0.4, 0.5) is 11.5 Å². The van der Waals surface area contributed by atoms with Crippen molar-refractivity contribution in [2.24, 2.45) is 0 Å². The zero-order valence-electron chi connectivity index (χ0n) is 11.8. The van der Waals surface area contributed by atoms with Crippen LogP contribution in [-0.4, -0.2) is 29.9 Å². The molecule has 0 saturated heterocycles. The van der Waals surface area contributed by atoms with Gasteiger partial charge in [0.1, 0.15) is 5.82 Å². The van der Waals surface area contributed by atoms with E-state index in [1.807, 2.05) is 41.8 Å². The van der Waals surface area contributed by atoms with Crippen LogP contribution in [0.25, 0.3) is 10.1 Å². The number of thiophene rings is 1. The maximum absolute atomic E-state index is 12.0. The van der Waals surface area contributed by atoms with Crippen LogP contribution in [0.1, 0.15) is 10.4 Å². The quantitative estimate of drug-likeness (QED) is 0.801. The van der Waals surface area contributed by atoms with Gasteiger partial charge >= 0.3 is 0 Å².